The molecule has 2 N–H and O–H groups in total. The minimum Gasteiger partial charge on any atom is -0.321 e. The van der Waals surface area contributed by atoms with Gasteiger partial charge in [0.2, 0.25) is 0 Å². The predicted molar refractivity (Wildman–Crippen MR) is 70.6 cm³/mol. The molecule has 1 nitrogen and oxygen atoms in total. The Labute approximate surface area is 115 Å². The summed E-state index contributed by atoms with van der Waals surface area (Å²) in [7, 11) is 0. The van der Waals surface area contributed by atoms with Gasteiger partial charge in [-0.15, -0.1) is 0 Å². The van der Waals surface area contributed by atoms with E-state index in [4.69, 9.17) is 5.73 Å². The second-order valence-electron chi connectivity index (χ2n) is 5.37. The maximum atomic E-state index is 13.8. The second kappa shape index (κ2) is 4.63. The van der Waals surface area contributed by atoms with Crippen LogP contribution in [0, 0.1) is 17.5 Å². The van der Waals surface area contributed by atoms with Crippen LogP contribution in [-0.4, -0.2) is 0 Å². The summed E-state index contributed by atoms with van der Waals surface area (Å²) in [5, 5.41) is 0. The Morgan fingerprint density at radius 2 is 1.70 bits per heavy atom. The summed E-state index contributed by atoms with van der Waals surface area (Å²) < 4.78 is 40.2. The number of nitrogens with two attached hydrogens (primary N) is 1. The lowest BCUT2D eigenvalue weighted by atomic mass is 9.86. The third-order valence-corrected chi connectivity index (χ3v) is 3.96. The van der Waals surface area contributed by atoms with Crippen molar-refractivity contribution in [3.8, 4) is 0 Å². The highest BCUT2D eigenvalue weighted by Gasteiger charge is 2.35. The van der Waals surface area contributed by atoms with E-state index >= 15 is 0 Å². The van der Waals surface area contributed by atoms with Gasteiger partial charge < -0.3 is 5.73 Å². The minimum absolute atomic E-state index is 0.204. The van der Waals surface area contributed by atoms with Gasteiger partial charge in [-0.25, -0.2) is 13.2 Å². The van der Waals surface area contributed by atoms with Crippen molar-refractivity contribution < 1.29 is 13.2 Å². The normalized spacial score (nSPS) is 21.0. The monoisotopic (exact) mass is 277 g/mol. The van der Waals surface area contributed by atoms with E-state index in [2.05, 4.69) is 0 Å². The molecule has 1 unspecified atom stereocenters. The largest absolute Gasteiger partial charge is 0.321 e. The number of benzene rings is 2. The van der Waals surface area contributed by atoms with Gasteiger partial charge in [0.05, 0.1) is 0 Å². The van der Waals surface area contributed by atoms with Crippen LogP contribution in [0.4, 0.5) is 13.2 Å². The fourth-order valence-electron chi connectivity index (χ4n) is 2.95. The van der Waals surface area contributed by atoms with Gasteiger partial charge in [0.25, 0.3) is 0 Å². The smallest absolute Gasteiger partial charge is 0.126 e. The van der Waals surface area contributed by atoms with Crippen LogP contribution in [0.5, 0.6) is 0 Å². The second-order valence-corrected chi connectivity index (χ2v) is 5.37. The molecule has 0 aromatic heterocycles. The van der Waals surface area contributed by atoms with Crippen molar-refractivity contribution in [1.29, 1.82) is 0 Å². The summed E-state index contributed by atoms with van der Waals surface area (Å²) in [6.45, 7) is 0. The Bertz CT molecular complexity index is 669. The Kier molecular flexibility index (Phi) is 3.05. The quantitative estimate of drug-likeness (QED) is 0.894. The molecule has 0 aliphatic heterocycles. The molecular formula is C16H14F3N. The zero-order valence-corrected chi connectivity index (χ0v) is 10.8. The lowest BCUT2D eigenvalue weighted by Crippen LogP contribution is -2.36. The summed E-state index contributed by atoms with van der Waals surface area (Å²) in [5.74, 6) is -1.25. The molecule has 104 valence electrons. The van der Waals surface area contributed by atoms with Crippen molar-refractivity contribution in [2.75, 3.05) is 0 Å². The van der Waals surface area contributed by atoms with Crippen LogP contribution in [0.1, 0.15) is 23.1 Å². The van der Waals surface area contributed by atoms with Crippen LogP contribution in [0.25, 0.3) is 0 Å². The van der Waals surface area contributed by atoms with Gasteiger partial charge in [-0.3, -0.25) is 0 Å². The van der Waals surface area contributed by atoms with Gasteiger partial charge in [0.15, 0.2) is 0 Å². The molecule has 0 spiro atoms. The fourth-order valence-corrected chi connectivity index (χ4v) is 2.95. The van der Waals surface area contributed by atoms with Crippen molar-refractivity contribution in [3.63, 3.8) is 0 Å². The number of aryl methyl sites for hydroxylation is 1. The Hall–Kier alpha value is -1.81. The first-order chi connectivity index (χ1) is 9.48. The molecule has 0 saturated heterocycles. The van der Waals surface area contributed by atoms with Gasteiger partial charge in [0.1, 0.15) is 17.5 Å². The molecule has 3 rings (SSSR count). The van der Waals surface area contributed by atoms with Crippen molar-refractivity contribution >= 4 is 0 Å². The first kappa shape index (κ1) is 13.2. The lowest BCUT2D eigenvalue weighted by molar-refractivity contribution is 0.427. The average molecular weight is 277 g/mol. The summed E-state index contributed by atoms with van der Waals surface area (Å²) in [6.07, 6.45) is 1.46. The first-order valence-electron chi connectivity index (χ1n) is 6.50. The van der Waals surface area contributed by atoms with Gasteiger partial charge in [0, 0.05) is 5.54 Å². The van der Waals surface area contributed by atoms with E-state index in [9.17, 15) is 13.2 Å². The number of fused-ring (bicyclic) bond motifs is 1. The van der Waals surface area contributed by atoms with Gasteiger partial charge in [-0.05, 0) is 66.3 Å². The maximum absolute atomic E-state index is 13.8. The molecule has 1 atom stereocenters. The van der Waals surface area contributed by atoms with Crippen molar-refractivity contribution in [2.45, 2.75) is 24.8 Å². The summed E-state index contributed by atoms with van der Waals surface area (Å²) in [4.78, 5) is 0. The topological polar surface area (TPSA) is 26.0 Å². The standard InChI is InChI=1S/C16H14F3N/c17-12-1-3-14-10(7-12)5-6-16(14,20)9-11-8-13(18)2-4-15(11)19/h1-4,7-8H,5-6,9,20H2. The summed E-state index contributed by atoms with van der Waals surface area (Å²) in [5.41, 5.74) is 7.52. The number of hydrogen-bond donors (Lipinski definition) is 1. The predicted octanol–water partition coefficient (Wildman–Crippen LogP) is 3.45. The van der Waals surface area contributed by atoms with Crippen LogP contribution in [-0.2, 0) is 18.4 Å². The fraction of sp³-hybridized carbons (Fsp3) is 0.250. The van der Waals surface area contributed by atoms with Crippen LogP contribution < -0.4 is 5.73 Å². The average Bonchev–Trinajstić information content (AvgIpc) is 2.71. The molecule has 1 aliphatic rings. The molecule has 2 aromatic rings. The van der Waals surface area contributed by atoms with E-state index in [0.717, 1.165) is 23.3 Å². The van der Waals surface area contributed by atoms with Gasteiger partial charge >= 0.3 is 0 Å². The van der Waals surface area contributed by atoms with E-state index in [1.54, 1.807) is 6.07 Å². The molecule has 0 saturated carbocycles. The molecule has 2 aromatic carbocycles. The zero-order valence-electron chi connectivity index (χ0n) is 10.8. The first-order valence-corrected chi connectivity index (χ1v) is 6.50. The molecule has 20 heavy (non-hydrogen) atoms. The van der Waals surface area contributed by atoms with Crippen LogP contribution >= 0.6 is 0 Å². The van der Waals surface area contributed by atoms with Crippen molar-refractivity contribution in [3.05, 3.63) is 70.5 Å². The molecule has 1 aliphatic carbocycles. The summed E-state index contributed by atoms with van der Waals surface area (Å²) in [6, 6.07) is 7.83. The van der Waals surface area contributed by atoms with Crippen LogP contribution in [0.3, 0.4) is 0 Å². The SMILES string of the molecule is NC1(Cc2cc(F)ccc2F)CCc2cc(F)ccc21. The third-order valence-electron chi connectivity index (χ3n) is 3.96. The van der Waals surface area contributed by atoms with Crippen molar-refractivity contribution in [2.24, 2.45) is 5.73 Å². The highest BCUT2D eigenvalue weighted by Crippen LogP contribution is 2.38. The van der Waals surface area contributed by atoms with Crippen LogP contribution in [0.2, 0.25) is 0 Å². The summed E-state index contributed by atoms with van der Waals surface area (Å²) >= 11 is 0. The maximum Gasteiger partial charge on any atom is 0.126 e. The van der Waals surface area contributed by atoms with E-state index in [0.29, 0.717) is 12.8 Å². The van der Waals surface area contributed by atoms with E-state index < -0.39 is 17.2 Å². The van der Waals surface area contributed by atoms with Crippen LogP contribution in [0.15, 0.2) is 36.4 Å². The molecule has 0 bridgehead atoms. The molecule has 0 amide bonds. The minimum atomic E-state index is -0.766. The number of halogens is 3. The zero-order chi connectivity index (χ0) is 14.3. The highest BCUT2D eigenvalue weighted by atomic mass is 19.1. The van der Waals surface area contributed by atoms with Gasteiger partial charge in [-0.1, -0.05) is 6.07 Å². The lowest BCUT2D eigenvalue weighted by Gasteiger charge is -2.26. The van der Waals surface area contributed by atoms with Crippen molar-refractivity contribution in [1.82, 2.24) is 0 Å². The Morgan fingerprint density at radius 3 is 2.50 bits per heavy atom. The van der Waals surface area contributed by atoms with E-state index in [1.165, 1.54) is 18.2 Å². The number of hydrogen-bond acceptors (Lipinski definition) is 1. The molecule has 0 heterocycles. The van der Waals surface area contributed by atoms with E-state index in [-0.39, 0.29) is 17.8 Å². The molecular weight excluding hydrogens is 263 g/mol. The molecule has 4 heteroatoms. The number of rotatable bonds is 2. The van der Waals surface area contributed by atoms with Gasteiger partial charge in [-0.2, -0.15) is 0 Å². The highest BCUT2D eigenvalue weighted by molar-refractivity contribution is 5.40. The third kappa shape index (κ3) is 2.20. The Morgan fingerprint density at radius 1 is 1.00 bits per heavy atom. The molecule has 0 radical (unpaired) electrons. The van der Waals surface area contributed by atoms with E-state index in [1.807, 2.05) is 0 Å². The molecule has 0 fully saturated rings. The Balaban J connectivity index is 1.98.